The fourth-order valence-electron chi connectivity index (χ4n) is 2.96. The summed E-state index contributed by atoms with van der Waals surface area (Å²) in [5, 5.41) is 5.85. The summed E-state index contributed by atoms with van der Waals surface area (Å²) in [7, 11) is 0. The number of nitrogens with two attached hydrogens (primary N) is 1. The number of amides is 2. The van der Waals surface area contributed by atoms with Gasteiger partial charge in [0.2, 0.25) is 5.91 Å². The van der Waals surface area contributed by atoms with Gasteiger partial charge in [-0.15, -0.1) is 0 Å². The number of benzene rings is 1. The van der Waals surface area contributed by atoms with Crippen molar-refractivity contribution in [1.82, 2.24) is 5.32 Å². The number of hydrogen-bond donors (Lipinski definition) is 3. The van der Waals surface area contributed by atoms with Crippen molar-refractivity contribution >= 4 is 17.5 Å². The van der Waals surface area contributed by atoms with Gasteiger partial charge in [0, 0.05) is 23.3 Å². The molecule has 1 saturated carbocycles. The van der Waals surface area contributed by atoms with Gasteiger partial charge in [0.05, 0.1) is 5.41 Å². The summed E-state index contributed by atoms with van der Waals surface area (Å²) in [4.78, 5) is 24.6. The fourth-order valence-corrected chi connectivity index (χ4v) is 2.96. The Morgan fingerprint density at radius 1 is 1.13 bits per heavy atom. The molecule has 1 aromatic carbocycles. The minimum Gasteiger partial charge on any atom is -0.347 e. The van der Waals surface area contributed by atoms with Crippen LogP contribution in [0.2, 0.25) is 0 Å². The Hall–Kier alpha value is -1.88. The third kappa shape index (κ3) is 4.32. The molecule has 5 heteroatoms. The number of carbonyl (C=O) groups is 2. The van der Waals surface area contributed by atoms with Gasteiger partial charge < -0.3 is 16.4 Å². The lowest BCUT2D eigenvalue weighted by Crippen LogP contribution is -2.40. The van der Waals surface area contributed by atoms with Crippen LogP contribution in [0.25, 0.3) is 0 Å². The Balaban J connectivity index is 2.02. The van der Waals surface area contributed by atoms with Crippen LogP contribution in [-0.4, -0.2) is 23.9 Å². The summed E-state index contributed by atoms with van der Waals surface area (Å²) in [6, 6.07) is 6.96. The molecule has 1 aliphatic carbocycles. The summed E-state index contributed by atoms with van der Waals surface area (Å²) in [6.07, 6.45) is 3.80. The van der Waals surface area contributed by atoms with Crippen LogP contribution in [-0.2, 0) is 4.79 Å². The first kappa shape index (κ1) is 17.5. The first-order valence-electron chi connectivity index (χ1n) is 8.20. The second-order valence-electron chi connectivity index (χ2n) is 7.43. The zero-order valence-corrected chi connectivity index (χ0v) is 14.2. The van der Waals surface area contributed by atoms with E-state index < -0.39 is 5.41 Å². The van der Waals surface area contributed by atoms with Crippen molar-refractivity contribution in [1.29, 1.82) is 0 Å². The van der Waals surface area contributed by atoms with Crippen molar-refractivity contribution in [3.8, 4) is 0 Å². The second-order valence-corrected chi connectivity index (χ2v) is 7.43. The molecule has 0 aliphatic heterocycles. The van der Waals surface area contributed by atoms with E-state index in [1.54, 1.807) is 24.3 Å². The molecule has 0 unspecified atom stereocenters. The number of nitrogens with one attached hydrogen (secondary N) is 2. The molecule has 5 nitrogen and oxygen atoms in total. The highest BCUT2D eigenvalue weighted by molar-refractivity contribution is 5.97. The lowest BCUT2D eigenvalue weighted by atomic mass is 9.85. The Bertz CT molecular complexity index is 567. The van der Waals surface area contributed by atoms with Crippen molar-refractivity contribution in [2.24, 2.45) is 11.1 Å². The van der Waals surface area contributed by atoms with Gasteiger partial charge in [-0.05, 0) is 57.9 Å². The molecule has 1 aromatic rings. The average molecular weight is 317 g/mol. The molecule has 23 heavy (non-hydrogen) atoms. The zero-order valence-electron chi connectivity index (χ0n) is 14.2. The van der Waals surface area contributed by atoms with E-state index in [9.17, 15) is 9.59 Å². The van der Waals surface area contributed by atoms with Gasteiger partial charge in [-0.1, -0.05) is 12.8 Å². The second kappa shape index (κ2) is 6.71. The predicted octanol–water partition coefficient (Wildman–Crippen LogP) is 2.67. The minimum atomic E-state index is -0.428. The SMILES string of the molecule is CC(C)(C)NC(=O)c1ccc(NC(=O)C2(CN)CCCC2)cc1. The number of anilines is 1. The summed E-state index contributed by atoms with van der Waals surface area (Å²) < 4.78 is 0. The molecule has 4 N–H and O–H groups in total. The van der Waals surface area contributed by atoms with E-state index in [1.165, 1.54) is 0 Å². The van der Waals surface area contributed by atoms with Crippen LogP contribution >= 0.6 is 0 Å². The molecular formula is C18H27N3O2. The molecule has 1 fully saturated rings. The highest BCUT2D eigenvalue weighted by Gasteiger charge is 2.39. The van der Waals surface area contributed by atoms with Crippen LogP contribution in [0.5, 0.6) is 0 Å². The number of carbonyl (C=O) groups excluding carboxylic acids is 2. The van der Waals surface area contributed by atoms with Gasteiger partial charge in [-0.3, -0.25) is 9.59 Å². The monoisotopic (exact) mass is 317 g/mol. The molecule has 2 rings (SSSR count). The third-order valence-corrected chi connectivity index (χ3v) is 4.33. The molecule has 0 spiro atoms. The first-order valence-corrected chi connectivity index (χ1v) is 8.20. The minimum absolute atomic E-state index is 0.00982. The summed E-state index contributed by atoms with van der Waals surface area (Å²) >= 11 is 0. The molecule has 0 heterocycles. The quantitative estimate of drug-likeness (QED) is 0.798. The van der Waals surface area contributed by atoms with Crippen LogP contribution in [0.4, 0.5) is 5.69 Å². The van der Waals surface area contributed by atoms with E-state index in [4.69, 9.17) is 5.73 Å². The zero-order chi connectivity index (χ0) is 17.1. The first-order chi connectivity index (χ1) is 10.8. The normalized spacial score (nSPS) is 16.9. The Labute approximate surface area is 138 Å². The van der Waals surface area contributed by atoms with E-state index in [0.717, 1.165) is 25.7 Å². The smallest absolute Gasteiger partial charge is 0.251 e. The predicted molar refractivity (Wildman–Crippen MR) is 92.2 cm³/mol. The molecule has 1 aliphatic rings. The maximum absolute atomic E-state index is 12.5. The van der Waals surface area contributed by atoms with Gasteiger partial charge in [0.1, 0.15) is 0 Å². The van der Waals surface area contributed by atoms with E-state index in [-0.39, 0.29) is 17.4 Å². The highest BCUT2D eigenvalue weighted by Crippen LogP contribution is 2.38. The largest absolute Gasteiger partial charge is 0.347 e. The van der Waals surface area contributed by atoms with Crippen LogP contribution in [0.3, 0.4) is 0 Å². The van der Waals surface area contributed by atoms with E-state index in [2.05, 4.69) is 10.6 Å². The Kier molecular flexibility index (Phi) is 5.09. The van der Waals surface area contributed by atoms with Crippen LogP contribution < -0.4 is 16.4 Å². The third-order valence-electron chi connectivity index (χ3n) is 4.33. The standard InChI is InChI=1S/C18H27N3O2/c1-17(2,3)21-15(22)13-6-8-14(9-7-13)20-16(23)18(12-19)10-4-5-11-18/h6-9H,4-5,10-12,19H2,1-3H3,(H,20,23)(H,21,22). The maximum Gasteiger partial charge on any atom is 0.251 e. The number of rotatable bonds is 4. The van der Waals surface area contributed by atoms with Crippen molar-refractivity contribution in [3.05, 3.63) is 29.8 Å². The van der Waals surface area contributed by atoms with E-state index in [0.29, 0.717) is 17.8 Å². The topological polar surface area (TPSA) is 84.2 Å². The summed E-state index contributed by atoms with van der Waals surface area (Å²) in [6.45, 7) is 6.19. The maximum atomic E-state index is 12.5. The molecule has 0 bridgehead atoms. The van der Waals surface area contributed by atoms with Crippen LogP contribution in [0.1, 0.15) is 56.8 Å². The summed E-state index contributed by atoms with van der Waals surface area (Å²) in [5.41, 5.74) is 6.40. The van der Waals surface area contributed by atoms with E-state index >= 15 is 0 Å². The average Bonchev–Trinajstić information content (AvgIpc) is 2.96. The van der Waals surface area contributed by atoms with E-state index in [1.807, 2.05) is 20.8 Å². The van der Waals surface area contributed by atoms with Gasteiger partial charge in [0.25, 0.3) is 5.91 Å². The molecule has 2 amide bonds. The summed E-state index contributed by atoms with van der Waals surface area (Å²) in [5.74, 6) is -0.131. The lowest BCUT2D eigenvalue weighted by Gasteiger charge is -2.25. The van der Waals surface area contributed by atoms with Gasteiger partial charge in [-0.25, -0.2) is 0 Å². The Morgan fingerprint density at radius 2 is 1.70 bits per heavy atom. The van der Waals surface area contributed by atoms with Crippen molar-refractivity contribution in [2.45, 2.75) is 52.0 Å². The van der Waals surface area contributed by atoms with Crippen LogP contribution in [0, 0.1) is 5.41 Å². The van der Waals surface area contributed by atoms with Crippen LogP contribution in [0.15, 0.2) is 24.3 Å². The number of hydrogen-bond acceptors (Lipinski definition) is 3. The van der Waals surface area contributed by atoms with Gasteiger partial charge in [-0.2, -0.15) is 0 Å². The molecular weight excluding hydrogens is 290 g/mol. The highest BCUT2D eigenvalue weighted by atomic mass is 16.2. The molecule has 0 saturated heterocycles. The molecule has 0 aromatic heterocycles. The van der Waals surface area contributed by atoms with Gasteiger partial charge >= 0.3 is 0 Å². The van der Waals surface area contributed by atoms with Crippen molar-refractivity contribution in [2.75, 3.05) is 11.9 Å². The van der Waals surface area contributed by atoms with Crippen molar-refractivity contribution in [3.63, 3.8) is 0 Å². The Morgan fingerprint density at radius 3 is 2.17 bits per heavy atom. The van der Waals surface area contributed by atoms with Crippen molar-refractivity contribution < 1.29 is 9.59 Å². The lowest BCUT2D eigenvalue weighted by molar-refractivity contribution is -0.124. The molecule has 126 valence electrons. The fraction of sp³-hybridized carbons (Fsp3) is 0.556. The van der Waals surface area contributed by atoms with Gasteiger partial charge in [0.15, 0.2) is 0 Å². The molecule has 0 radical (unpaired) electrons. The molecule has 0 atom stereocenters.